The van der Waals surface area contributed by atoms with Crippen molar-refractivity contribution < 1.29 is 4.79 Å². The number of pyridine rings is 2. The van der Waals surface area contributed by atoms with Gasteiger partial charge in [-0.15, -0.1) is 0 Å². The van der Waals surface area contributed by atoms with Crippen molar-refractivity contribution in [1.82, 2.24) is 19.3 Å². The Morgan fingerprint density at radius 1 is 1.10 bits per heavy atom. The molecule has 0 aliphatic heterocycles. The average molecular weight is 415 g/mol. The first-order valence-electron chi connectivity index (χ1n) is 10.1. The van der Waals surface area contributed by atoms with E-state index in [1.54, 1.807) is 16.8 Å². The highest BCUT2D eigenvalue weighted by Crippen LogP contribution is 2.15. The summed E-state index contributed by atoms with van der Waals surface area (Å²) in [5, 5.41) is 12.0. The molecule has 0 aliphatic carbocycles. The number of amides is 1. The molecular formula is C24H25N5O2. The molecule has 1 aromatic carbocycles. The van der Waals surface area contributed by atoms with Gasteiger partial charge in [-0.1, -0.05) is 36.4 Å². The molecule has 7 nitrogen and oxygen atoms in total. The van der Waals surface area contributed by atoms with Gasteiger partial charge in [-0.25, -0.2) is 4.98 Å². The molecule has 4 aromatic rings. The molecule has 31 heavy (non-hydrogen) atoms. The third kappa shape index (κ3) is 3.86. The van der Waals surface area contributed by atoms with E-state index in [0.717, 1.165) is 11.1 Å². The van der Waals surface area contributed by atoms with Gasteiger partial charge in [0.25, 0.3) is 11.5 Å². The first kappa shape index (κ1) is 20.5. The van der Waals surface area contributed by atoms with Gasteiger partial charge in [0.1, 0.15) is 16.8 Å². The van der Waals surface area contributed by atoms with E-state index in [-0.39, 0.29) is 16.6 Å². The number of aromatic nitrogens is 3. The lowest BCUT2D eigenvalue weighted by Crippen LogP contribution is -2.43. The number of carbonyl (C=O) groups excluding carboxylic acids is 1. The Bertz CT molecular complexity index is 1430. The summed E-state index contributed by atoms with van der Waals surface area (Å²) in [6.07, 6.45) is 1.67. The van der Waals surface area contributed by atoms with Gasteiger partial charge < -0.3 is 9.88 Å². The standard InChI is InChI=1S/C24H25N5O2/c1-15-9-8-12-28-20(15)26-21-18(23(28)31)13-17(22(30)27-24(2,3)4)19(25)29(21)14-16-10-6-5-7-11-16/h5-13,25H,14H2,1-4H3,(H,27,30). The molecule has 3 aromatic heterocycles. The van der Waals surface area contributed by atoms with Crippen LogP contribution in [0.1, 0.15) is 42.3 Å². The van der Waals surface area contributed by atoms with Crippen LogP contribution in [0.2, 0.25) is 0 Å². The maximum atomic E-state index is 13.3. The molecule has 0 aliphatic rings. The minimum Gasteiger partial charge on any atom is -0.347 e. The van der Waals surface area contributed by atoms with Gasteiger partial charge in [-0.2, -0.15) is 0 Å². The lowest BCUT2D eigenvalue weighted by Gasteiger charge is -2.21. The van der Waals surface area contributed by atoms with Crippen molar-refractivity contribution in [2.75, 3.05) is 0 Å². The molecule has 1 amide bonds. The summed E-state index contributed by atoms with van der Waals surface area (Å²) in [6, 6.07) is 14.8. The highest BCUT2D eigenvalue weighted by molar-refractivity contribution is 5.97. The Hall–Kier alpha value is -3.74. The van der Waals surface area contributed by atoms with Gasteiger partial charge in [-0.3, -0.25) is 19.4 Å². The van der Waals surface area contributed by atoms with Crippen molar-refractivity contribution in [3.63, 3.8) is 0 Å². The monoisotopic (exact) mass is 415 g/mol. The number of aryl methyl sites for hydroxylation is 1. The average Bonchev–Trinajstić information content (AvgIpc) is 2.70. The molecule has 0 radical (unpaired) electrons. The van der Waals surface area contributed by atoms with Crippen LogP contribution in [-0.4, -0.2) is 25.4 Å². The predicted octanol–water partition coefficient (Wildman–Crippen LogP) is 3.01. The van der Waals surface area contributed by atoms with Gasteiger partial charge in [0.2, 0.25) is 0 Å². The second kappa shape index (κ2) is 7.50. The van der Waals surface area contributed by atoms with Gasteiger partial charge in [0, 0.05) is 11.7 Å². The largest absolute Gasteiger partial charge is 0.347 e. The molecule has 0 spiro atoms. The van der Waals surface area contributed by atoms with Crippen LogP contribution in [0.15, 0.2) is 59.5 Å². The molecule has 7 heteroatoms. The van der Waals surface area contributed by atoms with Crippen molar-refractivity contribution in [2.45, 2.75) is 39.8 Å². The number of hydrogen-bond donors (Lipinski definition) is 2. The summed E-state index contributed by atoms with van der Waals surface area (Å²) in [4.78, 5) is 31.1. The van der Waals surface area contributed by atoms with Crippen LogP contribution >= 0.6 is 0 Å². The minimum absolute atomic E-state index is 0.0166. The Kier molecular flexibility index (Phi) is 4.97. The molecule has 158 valence electrons. The number of nitrogens with zero attached hydrogens (tertiary/aromatic N) is 3. The van der Waals surface area contributed by atoms with E-state index in [4.69, 9.17) is 10.4 Å². The fourth-order valence-corrected chi connectivity index (χ4v) is 3.60. The first-order valence-corrected chi connectivity index (χ1v) is 10.1. The number of rotatable bonds is 3. The number of nitrogens with one attached hydrogen (secondary N) is 2. The predicted molar refractivity (Wildman–Crippen MR) is 120 cm³/mol. The molecule has 4 rings (SSSR count). The summed E-state index contributed by atoms with van der Waals surface area (Å²) in [5.74, 6) is -0.394. The Balaban J connectivity index is 2.07. The molecule has 0 fully saturated rings. The summed E-state index contributed by atoms with van der Waals surface area (Å²) in [7, 11) is 0. The van der Waals surface area contributed by atoms with Crippen molar-refractivity contribution in [1.29, 1.82) is 5.41 Å². The lowest BCUT2D eigenvalue weighted by atomic mass is 10.1. The number of hydrogen-bond acceptors (Lipinski definition) is 4. The van der Waals surface area contributed by atoms with E-state index in [0.29, 0.717) is 23.2 Å². The fraction of sp³-hybridized carbons (Fsp3) is 0.250. The lowest BCUT2D eigenvalue weighted by molar-refractivity contribution is 0.0917. The van der Waals surface area contributed by atoms with Crippen LogP contribution in [0.3, 0.4) is 0 Å². The number of carbonyl (C=O) groups is 1. The zero-order valence-corrected chi connectivity index (χ0v) is 18.1. The second-order valence-corrected chi connectivity index (χ2v) is 8.72. The molecule has 3 heterocycles. The number of benzene rings is 1. The van der Waals surface area contributed by atoms with Gasteiger partial charge in [0.05, 0.1) is 17.5 Å². The van der Waals surface area contributed by atoms with E-state index in [2.05, 4.69) is 5.32 Å². The Labute approximate surface area is 179 Å². The van der Waals surface area contributed by atoms with Crippen LogP contribution in [0.25, 0.3) is 16.7 Å². The van der Waals surface area contributed by atoms with E-state index in [1.165, 1.54) is 10.5 Å². The molecular weight excluding hydrogens is 390 g/mol. The van der Waals surface area contributed by atoms with Crippen LogP contribution in [-0.2, 0) is 6.54 Å². The minimum atomic E-state index is -0.476. The van der Waals surface area contributed by atoms with Crippen molar-refractivity contribution >= 4 is 22.6 Å². The molecule has 0 bridgehead atoms. The normalized spacial score (nSPS) is 11.7. The van der Waals surface area contributed by atoms with Crippen molar-refractivity contribution in [3.8, 4) is 0 Å². The van der Waals surface area contributed by atoms with Gasteiger partial charge >= 0.3 is 0 Å². The van der Waals surface area contributed by atoms with E-state index >= 15 is 0 Å². The van der Waals surface area contributed by atoms with Gasteiger partial charge in [0.15, 0.2) is 0 Å². The van der Waals surface area contributed by atoms with Crippen LogP contribution in [0.4, 0.5) is 0 Å². The molecule has 0 atom stereocenters. The molecule has 0 saturated heterocycles. The van der Waals surface area contributed by atoms with Crippen LogP contribution in [0, 0.1) is 12.3 Å². The second-order valence-electron chi connectivity index (χ2n) is 8.72. The zero-order valence-electron chi connectivity index (χ0n) is 18.1. The summed E-state index contributed by atoms with van der Waals surface area (Å²) < 4.78 is 3.12. The van der Waals surface area contributed by atoms with Crippen LogP contribution in [0.5, 0.6) is 0 Å². The first-order chi connectivity index (χ1) is 14.7. The summed E-state index contributed by atoms with van der Waals surface area (Å²) in [5.41, 5.74) is 2.14. The third-order valence-electron chi connectivity index (χ3n) is 5.05. The maximum absolute atomic E-state index is 13.3. The quantitative estimate of drug-likeness (QED) is 0.504. The van der Waals surface area contributed by atoms with Gasteiger partial charge in [-0.05, 0) is 51.0 Å². The summed E-state index contributed by atoms with van der Waals surface area (Å²) in [6.45, 7) is 7.84. The Morgan fingerprint density at radius 3 is 2.48 bits per heavy atom. The smallest absolute Gasteiger partial charge is 0.267 e. The topological polar surface area (TPSA) is 92.3 Å². The van der Waals surface area contributed by atoms with Crippen molar-refractivity contribution in [2.24, 2.45) is 0 Å². The fourth-order valence-electron chi connectivity index (χ4n) is 3.60. The molecule has 0 unspecified atom stereocenters. The SMILES string of the molecule is Cc1cccn2c(=O)c3cc(C(=O)NC(C)(C)C)c(=N)n(Cc4ccccc4)c3nc12. The van der Waals surface area contributed by atoms with Crippen LogP contribution < -0.4 is 16.4 Å². The Morgan fingerprint density at radius 2 is 1.81 bits per heavy atom. The molecule has 2 N–H and O–H groups in total. The zero-order chi connectivity index (χ0) is 22.3. The van der Waals surface area contributed by atoms with E-state index in [1.807, 2.05) is 64.1 Å². The summed E-state index contributed by atoms with van der Waals surface area (Å²) >= 11 is 0. The maximum Gasteiger partial charge on any atom is 0.267 e. The number of fused-ring (bicyclic) bond motifs is 2. The highest BCUT2D eigenvalue weighted by Gasteiger charge is 2.21. The highest BCUT2D eigenvalue weighted by atomic mass is 16.2. The van der Waals surface area contributed by atoms with E-state index < -0.39 is 11.4 Å². The molecule has 0 saturated carbocycles. The third-order valence-corrected chi connectivity index (χ3v) is 5.05. The van der Waals surface area contributed by atoms with E-state index in [9.17, 15) is 9.59 Å². The van der Waals surface area contributed by atoms with Crippen molar-refractivity contribution in [3.05, 3.63) is 87.3 Å².